The molecule has 1 saturated heterocycles. The quantitative estimate of drug-likeness (QED) is 0.908. The molecule has 1 saturated carbocycles. The Morgan fingerprint density at radius 3 is 2.74 bits per heavy atom. The number of pyridine rings is 1. The lowest BCUT2D eigenvalue weighted by Gasteiger charge is -2.23. The number of H-pyrrole nitrogens is 1. The lowest BCUT2D eigenvalue weighted by molar-refractivity contribution is 0.161. The Balaban J connectivity index is 0.00000156. The average molecular weight is 333 g/mol. The minimum absolute atomic E-state index is 0. The smallest absolute Gasteiger partial charge is 0.189 e. The van der Waals surface area contributed by atoms with E-state index in [-0.39, 0.29) is 23.9 Å². The number of aromatic nitrogens is 1. The normalized spacial score (nSPS) is 25.7. The first-order chi connectivity index (χ1) is 10.8. The molecule has 2 N–H and O–H groups in total. The van der Waals surface area contributed by atoms with Crippen LogP contribution in [0.15, 0.2) is 47.5 Å². The maximum atomic E-state index is 12.1. The van der Waals surface area contributed by atoms with Crippen molar-refractivity contribution in [3.8, 4) is 16.9 Å². The molecule has 5 heteroatoms. The minimum Gasteiger partial charge on any atom is -0.489 e. The fourth-order valence-electron chi connectivity index (χ4n) is 3.78. The molecule has 4 nitrogen and oxygen atoms in total. The Morgan fingerprint density at radius 2 is 1.91 bits per heavy atom. The molecule has 2 heterocycles. The van der Waals surface area contributed by atoms with Crippen molar-refractivity contribution in [3.05, 3.63) is 52.9 Å². The Bertz CT molecular complexity index is 731. The van der Waals surface area contributed by atoms with Gasteiger partial charge in [0.15, 0.2) is 5.43 Å². The summed E-state index contributed by atoms with van der Waals surface area (Å²) in [5.74, 6) is 2.13. The number of hydrogen-bond acceptors (Lipinski definition) is 3. The third-order valence-corrected chi connectivity index (χ3v) is 4.85. The molecular weight excluding hydrogens is 312 g/mol. The monoisotopic (exact) mass is 332 g/mol. The molecule has 4 rings (SSSR count). The van der Waals surface area contributed by atoms with Crippen LogP contribution in [-0.4, -0.2) is 24.2 Å². The zero-order valence-electron chi connectivity index (χ0n) is 12.8. The van der Waals surface area contributed by atoms with Crippen LogP contribution < -0.4 is 15.5 Å². The van der Waals surface area contributed by atoms with E-state index in [0.29, 0.717) is 11.5 Å². The Morgan fingerprint density at radius 1 is 1.04 bits per heavy atom. The van der Waals surface area contributed by atoms with Crippen molar-refractivity contribution in [3.63, 3.8) is 0 Å². The van der Waals surface area contributed by atoms with Crippen molar-refractivity contribution in [2.75, 3.05) is 13.1 Å². The van der Waals surface area contributed by atoms with Gasteiger partial charge in [0, 0.05) is 42.0 Å². The van der Waals surface area contributed by atoms with E-state index in [0.717, 1.165) is 36.7 Å². The van der Waals surface area contributed by atoms with E-state index in [2.05, 4.69) is 10.3 Å². The van der Waals surface area contributed by atoms with Gasteiger partial charge in [-0.05, 0) is 31.4 Å². The minimum atomic E-state index is 0. The molecule has 1 aliphatic heterocycles. The van der Waals surface area contributed by atoms with Crippen molar-refractivity contribution in [1.82, 2.24) is 10.3 Å². The van der Waals surface area contributed by atoms with Crippen molar-refractivity contribution in [2.24, 2.45) is 11.8 Å². The van der Waals surface area contributed by atoms with E-state index in [1.165, 1.54) is 6.42 Å². The van der Waals surface area contributed by atoms with Crippen molar-refractivity contribution < 1.29 is 4.74 Å². The molecule has 2 fully saturated rings. The van der Waals surface area contributed by atoms with Gasteiger partial charge in [-0.2, -0.15) is 0 Å². The summed E-state index contributed by atoms with van der Waals surface area (Å²) in [6.07, 6.45) is 6.02. The van der Waals surface area contributed by atoms with Crippen LogP contribution in [0.3, 0.4) is 0 Å². The van der Waals surface area contributed by atoms with E-state index < -0.39 is 0 Å². The maximum Gasteiger partial charge on any atom is 0.189 e. The summed E-state index contributed by atoms with van der Waals surface area (Å²) < 4.78 is 6.34. The van der Waals surface area contributed by atoms with Gasteiger partial charge in [0.2, 0.25) is 0 Å². The van der Waals surface area contributed by atoms with Gasteiger partial charge >= 0.3 is 0 Å². The molecule has 1 aromatic carbocycles. The molecule has 1 aromatic heterocycles. The highest BCUT2D eigenvalue weighted by molar-refractivity contribution is 5.85. The second kappa shape index (κ2) is 6.77. The summed E-state index contributed by atoms with van der Waals surface area (Å²) in [4.78, 5) is 15.1. The van der Waals surface area contributed by atoms with Gasteiger partial charge < -0.3 is 15.0 Å². The average Bonchev–Trinajstić information content (AvgIpc) is 2.82. The highest BCUT2D eigenvalue weighted by Gasteiger charge is 2.38. The van der Waals surface area contributed by atoms with Crippen LogP contribution in [-0.2, 0) is 0 Å². The lowest BCUT2D eigenvalue weighted by atomic mass is 10.0. The van der Waals surface area contributed by atoms with Gasteiger partial charge in [-0.3, -0.25) is 4.79 Å². The number of rotatable bonds is 3. The number of piperidine rings is 1. The molecule has 3 atom stereocenters. The second-order valence-electron chi connectivity index (χ2n) is 6.33. The Kier molecular flexibility index (Phi) is 4.74. The van der Waals surface area contributed by atoms with E-state index in [4.69, 9.17) is 4.74 Å². The van der Waals surface area contributed by atoms with Crippen molar-refractivity contribution >= 4 is 12.4 Å². The number of fused-ring (bicyclic) bond motifs is 2. The predicted octanol–water partition coefficient (Wildman–Crippen LogP) is 2.84. The number of halogens is 1. The zero-order valence-corrected chi connectivity index (χ0v) is 13.6. The summed E-state index contributed by atoms with van der Waals surface area (Å²) in [7, 11) is 0. The second-order valence-corrected chi connectivity index (χ2v) is 6.33. The molecule has 2 bridgehead atoms. The molecule has 23 heavy (non-hydrogen) atoms. The van der Waals surface area contributed by atoms with E-state index in [1.807, 2.05) is 24.3 Å². The number of ether oxygens (including phenoxy) is 1. The first kappa shape index (κ1) is 16.1. The topological polar surface area (TPSA) is 54.1 Å². The van der Waals surface area contributed by atoms with Crippen LogP contribution in [0.5, 0.6) is 5.75 Å². The summed E-state index contributed by atoms with van der Waals surface area (Å²) in [6.45, 7) is 2.14. The van der Waals surface area contributed by atoms with Crippen LogP contribution >= 0.6 is 12.4 Å². The van der Waals surface area contributed by atoms with Gasteiger partial charge in [0.25, 0.3) is 0 Å². The Labute approximate surface area is 141 Å². The molecule has 1 aliphatic carbocycles. The zero-order chi connectivity index (χ0) is 14.9. The molecule has 0 amide bonds. The first-order valence-corrected chi connectivity index (χ1v) is 7.95. The van der Waals surface area contributed by atoms with Gasteiger partial charge in [0.1, 0.15) is 11.9 Å². The number of para-hydroxylation sites is 1. The third-order valence-electron chi connectivity index (χ3n) is 4.85. The number of benzene rings is 1. The standard InChI is InChI=1S/C18H20N2O2.ClH/c21-16-5-6-19-11-15(16)14-3-1-2-4-17(14)22-18-8-12-7-13(18)10-20-9-12;/h1-6,11-13,18,20H,7-10H2,(H,19,21);1H/t12-,13-,18+;/m1./s1. The lowest BCUT2D eigenvalue weighted by Crippen LogP contribution is -2.34. The SMILES string of the molecule is Cl.O=c1cc[nH]cc1-c1ccccc1O[C@H]1C[C@@H]2CNC[C@H]1C2. The van der Waals surface area contributed by atoms with E-state index in [1.54, 1.807) is 18.5 Å². The fraction of sp³-hybridized carbons (Fsp3) is 0.389. The summed E-state index contributed by atoms with van der Waals surface area (Å²) in [5.41, 5.74) is 1.55. The highest BCUT2D eigenvalue weighted by atomic mass is 35.5. The largest absolute Gasteiger partial charge is 0.489 e. The first-order valence-electron chi connectivity index (χ1n) is 7.95. The summed E-state index contributed by atoms with van der Waals surface area (Å²) in [5, 5.41) is 3.48. The van der Waals surface area contributed by atoms with E-state index >= 15 is 0 Å². The Hall–Kier alpha value is -1.78. The number of aromatic amines is 1. The predicted molar refractivity (Wildman–Crippen MR) is 93.2 cm³/mol. The molecule has 122 valence electrons. The van der Waals surface area contributed by atoms with Gasteiger partial charge in [-0.25, -0.2) is 0 Å². The third kappa shape index (κ3) is 3.14. The molecule has 2 aliphatic rings. The van der Waals surface area contributed by atoms with E-state index in [9.17, 15) is 4.79 Å². The number of nitrogens with one attached hydrogen (secondary N) is 2. The van der Waals surface area contributed by atoms with Gasteiger partial charge in [0.05, 0.1) is 0 Å². The summed E-state index contributed by atoms with van der Waals surface area (Å²) in [6, 6.07) is 9.40. The highest BCUT2D eigenvalue weighted by Crippen LogP contribution is 2.38. The fourth-order valence-corrected chi connectivity index (χ4v) is 3.78. The van der Waals surface area contributed by atoms with Crippen LogP contribution in [0.1, 0.15) is 12.8 Å². The van der Waals surface area contributed by atoms with Crippen LogP contribution in [0.4, 0.5) is 0 Å². The van der Waals surface area contributed by atoms with Crippen LogP contribution in [0.25, 0.3) is 11.1 Å². The van der Waals surface area contributed by atoms with Crippen LogP contribution in [0.2, 0.25) is 0 Å². The molecule has 0 radical (unpaired) electrons. The van der Waals surface area contributed by atoms with Crippen LogP contribution in [0, 0.1) is 11.8 Å². The van der Waals surface area contributed by atoms with Gasteiger partial charge in [-0.1, -0.05) is 18.2 Å². The van der Waals surface area contributed by atoms with Gasteiger partial charge in [-0.15, -0.1) is 12.4 Å². The molecule has 0 unspecified atom stereocenters. The van der Waals surface area contributed by atoms with Crippen molar-refractivity contribution in [2.45, 2.75) is 18.9 Å². The summed E-state index contributed by atoms with van der Waals surface area (Å²) >= 11 is 0. The number of hydrogen-bond donors (Lipinski definition) is 2. The maximum absolute atomic E-state index is 12.1. The molecule has 0 spiro atoms. The molecular formula is C18H21ClN2O2. The van der Waals surface area contributed by atoms with Crippen molar-refractivity contribution in [1.29, 1.82) is 0 Å². The molecule has 2 aromatic rings.